The molecule has 0 spiro atoms. The number of benzene rings is 1. The van der Waals surface area contributed by atoms with Crippen LogP contribution in [0.25, 0.3) is 0 Å². The Balaban J connectivity index is 2.12. The van der Waals surface area contributed by atoms with Crippen LogP contribution in [0.4, 0.5) is 0 Å². The number of hydrogen-bond acceptors (Lipinski definition) is 4. The maximum absolute atomic E-state index is 6.40. The highest BCUT2D eigenvalue weighted by Crippen LogP contribution is 2.26. The van der Waals surface area contributed by atoms with Crippen molar-refractivity contribution >= 4 is 17.6 Å². The quantitative estimate of drug-likeness (QED) is 0.849. The molecule has 0 saturated carbocycles. The van der Waals surface area contributed by atoms with Gasteiger partial charge in [0.1, 0.15) is 0 Å². The first-order valence-electron chi connectivity index (χ1n) is 7.77. The zero-order valence-corrected chi connectivity index (χ0v) is 13.7. The molecule has 21 heavy (non-hydrogen) atoms. The first-order valence-corrected chi connectivity index (χ1v) is 8.14. The zero-order valence-electron chi connectivity index (χ0n) is 12.9. The van der Waals surface area contributed by atoms with Crippen LogP contribution in [0.5, 0.6) is 0 Å². The highest BCUT2D eigenvalue weighted by molar-refractivity contribution is 6.31. The lowest BCUT2D eigenvalue weighted by Crippen LogP contribution is -2.45. The predicted molar refractivity (Wildman–Crippen MR) is 90.0 cm³/mol. The van der Waals surface area contributed by atoms with Crippen LogP contribution in [-0.4, -0.2) is 43.6 Å². The molecule has 0 fully saturated rings. The summed E-state index contributed by atoms with van der Waals surface area (Å²) in [7, 11) is 0. The second-order valence-corrected chi connectivity index (χ2v) is 5.56. The van der Waals surface area contributed by atoms with Crippen molar-refractivity contribution < 1.29 is 0 Å². The van der Waals surface area contributed by atoms with Gasteiger partial charge in [0.15, 0.2) is 5.96 Å². The summed E-state index contributed by atoms with van der Waals surface area (Å²) in [5.41, 5.74) is 1.17. The fourth-order valence-electron chi connectivity index (χ4n) is 2.69. The van der Waals surface area contributed by atoms with Crippen molar-refractivity contribution in [2.24, 2.45) is 4.99 Å². The minimum absolute atomic E-state index is 0.250. The molecule has 2 N–H and O–H groups in total. The van der Waals surface area contributed by atoms with Gasteiger partial charge in [-0.15, -0.1) is 0 Å². The molecule has 4 nitrogen and oxygen atoms in total. The molecular formula is C16H25ClN4. The highest BCUT2D eigenvalue weighted by atomic mass is 35.5. The molecule has 0 amide bonds. The number of halogens is 1. The molecule has 1 heterocycles. The van der Waals surface area contributed by atoms with Gasteiger partial charge in [0, 0.05) is 24.7 Å². The number of rotatable bonds is 6. The summed E-state index contributed by atoms with van der Waals surface area (Å²) in [5.74, 6) is 0.908. The molecule has 1 aliphatic rings. The summed E-state index contributed by atoms with van der Waals surface area (Å²) >= 11 is 6.40. The first-order chi connectivity index (χ1) is 10.3. The van der Waals surface area contributed by atoms with Crippen LogP contribution >= 0.6 is 11.6 Å². The van der Waals surface area contributed by atoms with Crippen LogP contribution in [0, 0.1) is 0 Å². The van der Waals surface area contributed by atoms with E-state index in [-0.39, 0.29) is 6.04 Å². The van der Waals surface area contributed by atoms with Gasteiger partial charge in [0.05, 0.1) is 6.04 Å². The minimum Gasteiger partial charge on any atom is -0.356 e. The summed E-state index contributed by atoms with van der Waals surface area (Å²) in [5, 5.41) is 7.57. The van der Waals surface area contributed by atoms with Gasteiger partial charge >= 0.3 is 0 Å². The largest absolute Gasteiger partial charge is 0.356 e. The Hall–Kier alpha value is -1.26. The normalized spacial score (nSPS) is 16.3. The lowest BCUT2D eigenvalue weighted by molar-refractivity contribution is 0.219. The van der Waals surface area contributed by atoms with E-state index in [9.17, 15) is 0 Å². The zero-order chi connectivity index (χ0) is 15.1. The molecule has 0 aromatic heterocycles. The average Bonchev–Trinajstić information content (AvgIpc) is 2.53. The molecule has 5 heteroatoms. The molecule has 1 aromatic carbocycles. The third kappa shape index (κ3) is 4.35. The molecule has 1 aromatic rings. The summed E-state index contributed by atoms with van der Waals surface area (Å²) in [6.07, 6.45) is 1.11. The van der Waals surface area contributed by atoms with Crippen molar-refractivity contribution in [2.45, 2.75) is 26.3 Å². The third-order valence-electron chi connectivity index (χ3n) is 3.88. The molecular weight excluding hydrogens is 284 g/mol. The molecule has 116 valence electrons. The molecule has 1 aliphatic heterocycles. The Kier molecular flexibility index (Phi) is 6.33. The van der Waals surface area contributed by atoms with E-state index in [4.69, 9.17) is 11.6 Å². The van der Waals surface area contributed by atoms with E-state index in [1.54, 1.807) is 0 Å². The van der Waals surface area contributed by atoms with Gasteiger partial charge in [0.25, 0.3) is 0 Å². The van der Waals surface area contributed by atoms with Crippen LogP contribution in [-0.2, 0) is 0 Å². The van der Waals surface area contributed by atoms with Crippen molar-refractivity contribution in [3.63, 3.8) is 0 Å². The SMILES string of the molecule is CCN(CC)[C@H](CNC1=NCCCN1)c1ccccc1Cl. The number of aliphatic imine (C=N–C) groups is 1. The molecule has 1 atom stereocenters. The van der Waals surface area contributed by atoms with Crippen molar-refractivity contribution in [2.75, 3.05) is 32.7 Å². The summed E-state index contributed by atoms with van der Waals surface area (Å²) < 4.78 is 0. The number of nitrogens with zero attached hydrogens (tertiary/aromatic N) is 2. The van der Waals surface area contributed by atoms with Gasteiger partial charge in [-0.25, -0.2) is 0 Å². The number of guanidine groups is 1. The fourth-order valence-corrected chi connectivity index (χ4v) is 2.95. The second kappa shape index (κ2) is 8.25. The summed E-state index contributed by atoms with van der Waals surface area (Å²) in [4.78, 5) is 6.89. The van der Waals surface area contributed by atoms with Gasteiger partial charge in [-0.3, -0.25) is 9.89 Å². The molecule has 0 radical (unpaired) electrons. The van der Waals surface area contributed by atoms with Crippen molar-refractivity contribution in [1.29, 1.82) is 0 Å². The highest BCUT2D eigenvalue weighted by Gasteiger charge is 2.20. The topological polar surface area (TPSA) is 39.7 Å². The fraction of sp³-hybridized carbons (Fsp3) is 0.562. The van der Waals surface area contributed by atoms with E-state index in [1.165, 1.54) is 5.56 Å². The van der Waals surface area contributed by atoms with Crippen molar-refractivity contribution in [1.82, 2.24) is 15.5 Å². The van der Waals surface area contributed by atoms with E-state index in [0.29, 0.717) is 0 Å². The molecule has 0 saturated heterocycles. The van der Waals surface area contributed by atoms with Crippen LogP contribution in [0.2, 0.25) is 5.02 Å². The first kappa shape index (κ1) is 16.1. The van der Waals surface area contributed by atoms with E-state index in [1.807, 2.05) is 18.2 Å². The minimum atomic E-state index is 0.250. The van der Waals surface area contributed by atoms with Gasteiger partial charge in [-0.1, -0.05) is 43.6 Å². The van der Waals surface area contributed by atoms with E-state index < -0.39 is 0 Å². The smallest absolute Gasteiger partial charge is 0.191 e. The maximum atomic E-state index is 6.40. The second-order valence-electron chi connectivity index (χ2n) is 5.15. The van der Waals surface area contributed by atoms with E-state index in [0.717, 1.165) is 50.1 Å². The standard InChI is InChI=1S/C16H25ClN4/c1-3-21(4-2)15(13-8-5-6-9-14(13)17)12-20-16-18-10-7-11-19-16/h5-6,8-9,15H,3-4,7,10-12H2,1-2H3,(H2,18,19,20)/t15-/m1/s1. The van der Waals surface area contributed by atoms with Gasteiger partial charge in [-0.2, -0.15) is 0 Å². The van der Waals surface area contributed by atoms with Gasteiger partial charge in [-0.05, 0) is 31.1 Å². The summed E-state index contributed by atoms with van der Waals surface area (Å²) in [6.45, 7) is 9.05. The molecule has 0 unspecified atom stereocenters. The third-order valence-corrected chi connectivity index (χ3v) is 4.22. The van der Waals surface area contributed by atoms with E-state index >= 15 is 0 Å². The summed E-state index contributed by atoms with van der Waals surface area (Å²) in [6, 6.07) is 8.35. The van der Waals surface area contributed by atoms with Gasteiger partial charge < -0.3 is 10.6 Å². The van der Waals surface area contributed by atoms with Crippen LogP contribution in [0.3, 0.4) is 0 Å². The number of hydrogen-bond donors (Lipinski definition) is 2. The molecule has 0 aliphatic carbocycles. The Morgan fingerprint density at radius 3 is 2.71 bits per heavy atom. The van der Waals surface area contributed by atoms with Crippen LogP contribution in [0.15, 0.2) is 29.3 Å². The van der Waals surface area contributed by atoms with Crippen molar-refractivity contribution in [3.8, 4) is 0 Å². The Morgan fingerprint density at radius 1 is 1.33 bits per heavy atom. The molecule has 0 bridgehead atoms. The Bertz CT molecular complexity index is 471. The number of nitrogens with one attached hydrogen (secondary N) is 2. The maximum Gasteiger partial charge on any atom is 0.191 e. The number of likely N-dealkylation sites (N-methyl/N-ethyl adjacent to an activating group) is 1. The lowest BCUT2D eigenvalue weighted by atomic mass is 10.0. The predicted octanol–water partition coefficient (Wildman–Crippen LogP) is 2.66. The van der Waals surface area contributed by atoms with Gasteiger partial charge in [0.2, 0.25) is 0 Å². The lowest BCUT2D eigenvalue weighted by Gasteiger charge is -2.31. The van der Waals surface area contributed by atoms with Crippen LogP contribution < -0.4 is 10.6 Å². The van der Waals surface area contributed by atoms with Crippen LogP contribution in [0.1, 0.15) is 31.9 Å². The average molecular weight is 309 g/mol. The van der Waals surface area contributed by atoms with E-state index in [2.05, 4.69) is 40.4 Å². The Labute approximate surface area is 132 Å². The Morgan fingerprint density at radius 2 is 2.10 bits per heavy atom. The van der Waals surface area contributed by atoms with Crippen molar-refractivity contribution in [3.05, 3.63) is 34.9 Å². The monoisotopic (exact) mass is 308 g/mol. The molecule has 2 rings (SSSR count).